The molecular weight excluding hydrogens is 512 g/mol. The molecule has 176 valence electrons. The van der Waals surface area contributed by atoms with E-state index in [-0.39, 0.29) is 30.5 Å². The average Bonchev–Trinajstić information content (AvgIpc) is 2.77. The molecule has 0 spiro atoms. The first-order valence-corrected chi connectivity index (χ1v) is 11.3. The minimum atomic E-state index is -0.487. The molecule has 4 N–H and O–H groups in total. The van der Waals surface area contributed by atoms with Crippen LogP contribution in [-0.4, -0.2) is 36.0 Å². The molecule has 0 fully saturated rings. The van der Waals surface area contributed by atoms with Gasteiger partial charge in [0.2, 0.25) is 11.8 Å². The van der Waals surface area contributed by atoms with Gasteiger partial charge in [-0.1, -0.05) is 15.9 Å². The lowest BCUT2D eigenvalue weighted by Gasteiger charge is -2.12. The summed E-state index contributed by atoms with van der Waals surface area (Å²) in [5, 5.41) is 4.99. The zero-order valence-electron chi connectivity index (χ0n) is 18.2. The molecule has 11 heteroatoms. The van der Waals surface area contributed by atoms with Gasteiger partial charge in [-0.3, -0.25) is 30.6 Å². The summed E-state index contributed by atoms with van der Waals surface area (Å²) in [4.78, 5) is 35.9. The predicted octanol–water partition coefficient (Wildman–Crippen LogP) is 2.98. The van der Waals surface area contributed by atoms with Crippen LogP contribution in [0.3, 0.4) is 0 Å². The van der Waals surface area contributed by atoms with Crippen LogP contribution in [-0.2, 0) is 14.4 Å². The maximum absolute atomic E-state index is 12.0. The van der Waals surface area contributed by atoms with E-state index in [9.17, 15) is 14.4 Å². The number of carbonyl (C=O) groups is 3. The third-order valence-corrected chi connectivity index (χ3v) is 4.79. The number of thiocarbonyl (C=S) groups is 1. The number of hydrogen-bond acceptors (Lipinski definition) is 6. The molecule has 2 aromatic carbocycles. The molecule has 33 heavy (non-hydrogen) atoms. The Bertz CT molecular complexity index is 1000. The quantitative estimate of drug-likeness (QED) is 0.287. The number of hydrazine groups is 1. The van der Waals surface area contributed by atoms with E-state index in [0.29, 0.717) is 23.8 Å². The molecule has 0 atom stereocenters. The van der Waals surface area contributed by atoms with E-state index in [4.69, 9.17) is 21.7 Å². The van der Waals surface area contributed by atoms with Crippen molar-refractivity contribution in [2.75, 3.05) is 18.5 Å². The van der Waals surface area contributed by atoms with Gasteiger partial charge in [0.15, 0.2) is 11.7 Å². The van der Waals surface area contributed by atoms with Gasteiger partial charge in [0.25, 0.3) is 5.91 Å². The molecule has 3 amide bonds. The van der Waals surface area contributed by atoms with E-state index in [0.717, 1.165) is 10.0 Å². The van der Waals surface area contributed by atoms with Gasteiger partial charge >= 0.3 is 0 Å². The summed E-state index contributed by atoms with van der Waals surface area (Å²) in [6.07, 6.45) is -0.0986. The Balaban J connectivity index is 1.63. The van der Waals surface area contributed by atoms with Crippen LogP contribution in [0.25, 0.3) is 0 Å². The predicted molar refractivity (Wildman–Crippen MR) is 132 cm³/mol. The van der Waals surface area contributed by atoms with Gasteiger partial charge in [0, 0.05) is 23.0 Å². The number of halogens is 1. The van der Waals surface area contributed by atoms with Gasteiger partial charge in [-0.2, -0.15) is 0 Å². The van der Waals surface area contributed by atoms with Crippen LogP contribution in [0.15, 0.2) is 46.9 Å². The fraction of sp³-hybridized carbons (Fsp3) is 0.273. The second kappa shape index (κ2) is 13.4. The highest BCUT2D eigenvalue weighted by Crippen LogP contribution is 2.22. The third kappa shape index (κ3) is 9.87. The smallest absolute Gasteiger partial charge is 0.264 e. The van der Waals surface area contributed by atoms with Crippen LogP contribution >= 0.6 is 28.1 Å². The van der Waals surface area contributed by atoms with Crippen LogP contribution in [0, 0.1) is 6.92 Å². The van der Waals surface area contributed by atoms with Crippen LogP contribution in [0.4, 0.5) is 5.69 Å². The summed E-state index contributed by atoms with van der Waals surface area (Å²) < 4.78 is 11.7. The highest BCUT2D eigenvalue weighted by atomic mass is 79.9. The van der Waals surface area contributed by atoms with Gasteiger partial charge in [0.05, 0.1) is 6.61 Å². The standard InChI is InChI=1S/C22H25BrN4O5S/c1-3-31-17-7-5-16(6-8-17)24-19(28)10-11-20(29)26-27-22(33)25-21(30)13-32-18-9-4-15(23)12-14(18)2/h4-9,12H,3,10-11,13H2,1-2H3,(H,24,28)(H,26,29)(H2,25,27,30,33). The second-order valence-electron chi connectivity index (χ2n) is 6.75. The lowest BCUT2D eigenvalue weighted by atomic mass is 10.2. The number of carbonyl (C=O) groups excluding carboxylic acids is 3. The summed E-state index contributed by atoms with van der Waals surface area (Å²) in [7, 11) is 0. The zero-order valence-corrected chi connectivity index (χ0v) is 20.6. The average molecular weight is 537 g/mol. The Morgan fingerprint density at radius 2 is 1.64 bits per heavy atom. The van der Waals surface area contributed by atoms with Crippen LogP contribution in [0.1, 0.15) is 25.3 Å². The molecule has 0 aliphatic rings. The first-order valence-electron chi connectivity index (χ1n) is 10.1. The van der Waals surface area contributed by atoms with E-state index in [2.05, 4.69) is 37.4 Å². The SMILES string of the molecule is CCOc1ccc(NC(=O)CCC(=O)NNC(=S)NC(=O)COc2ccc(Br)cc2C)cc1. The Morgan fingerprint density at radius 3 is 2.30 bits per heavy atom. The number of aryl methyl sites for hydroxylation is 1. The minimum Gasteiger partial charge on any atom is -0.494 e. The molecule has 0 radical (unpaired) electrons. The number of nitrogens with one attached hydrogen (secondary N) is 4. The summed E-state index contributed by atoms with van der Waals surface area (Å²) in [5.74, 6) is 0.0163. The van der Waals surface area contributed by atoms with Crippen LogP contribution in [0.5, 0.6) is 11.5 Å². The molecule has 0 aliphatic heterocycles. The van der Waals surface area contributed by atoms with Crippen molar-refractivity contribution in [1.82, 2.24) is 16.2 Å². The number of ether oxygens (including phenoxy) is 2. The van der Waals surface area contributed by atoms with Crippen molar-refractivity contribution in [3.63, 3.8) is 0 Å². The van der Waals surface area contributed by atoms with Gasteiger partial charge in [-0.25, -0.2) is 0 Å². The molecule has 0 aromatic heterocycles. The molecule has 0 saturated heterocycles. The maximum Gasteiger partial charge on any atom is 0.264 e. The number of hydrogen-bond donors (Lipinski definition) is 4. The van der Waals surface area contributed by atoms with Crippen molar-refractivity contribution in [3.8, 4) is 11.5 Å². The van der Waals surface area contributed by atoms with Crippen molar-refractivity contribution in [1.29, 1.82) is 0 Å². The zero-order chi connectivity index (χ0) is 24.2. The van der Waals surface area contributed by atoms with E-state index < -0.39 is 11.8 Å². The largest absolute Gasteiger partial charge is 0.494 e. The summed E-state index contributed by atoms with van der Waals surface area (Å²) in [6, 6.07) is 12.3. The Kier molecular flexibility index (Phi) is 10.6. The van der Waals surface area contributed by atoms with Crippen LogP contribution < -0.4 is 31.0 Å². The second-order valence-corrected chi connectivity index (χ2v) is 8.08. The lowest BCUT2D eigenvalue weighted by molar-refractivity contribution is -0.125. The third-order valence-electron chi connectivity index (χ3n) is 4.09. The van der Waals surface area contributed by atoms with E-state index in [1.165, 1.54) is 0 Å². The minimum absolute atomic E-state index is 0.0276. The number of anilines is 1. The van der Waals surface area contributed by atoms with Gasteiger partial charge in [-0.05, 0) is 74.1 Å². The first-order chi connectivity index (χ1) is 15.8. The Labute approximate surface area is 205 Å². The van der Waals surface area contributed by atoms with E-state index in [1.54, 1.807) is 36.4 Å². The van der Waals surface area contributed by atoms with Crippen molar-refractivity contribution in [3.05, 3.63) is 52.5 Å². The summed E-state index contributed by atoms with van der Waals surface area (Å²) >= 11 is 8.32. The van der Waals surface area contributed by atoms with Crippen LogP contribution in [0.2, 0.25) is 0 Å². The van der Waals surface area contributed by atoms with Crippen molar-refractivity contribution < 1.29 is 23.9 Å². The van der Waals surface area contributed by atoms with Crippen molar-refractivity contribution in [2.24, 2.45) is 0 Å². The Hall–Kier alpha value is -3.18. The fourth-order valence-corrected chi connectivity index (χ4v) is 3.19. The molecule has 0 heterocycles. The molecular formula is C22H25BrN4O5S. The topological polar surface area (TPSA) is 118 Å². The number of rotatable bonds is 9. The monoisotopic (exact) mass is 536 g/mol. The van der Waals surface area contributed by atoms with Gasteiger partial charge in [-0.15, -0.1) is 0 Å². The first kappa shape index (κ1) is 26.1. The number of benzene rings is 2. The molecule has 0 aliphatic carbocycles. The maximum atomic E-state index is 12.0. The van der Waals surface area contributed by atoms with Gasteiger partial charge in [0.1, 0.15) is 11.5 Å². The van der Waals surface area contributed by atoms with E-state index >= 15 is 0 Å². The molecule has 2 rings (SSSR count). The van der Waals surface area contributed by atoms with Gasteiger partial charge < -0.3 is 14.8 Å². The lowest BCUT2D eigenvalue weighted by Crippen LogP contribution is -2.49. The van der Waals surface area contributed by atoms with Crippen molar-refractivity contribution >= 4 is 56.7 Å². The molecule has 2 aromatic rings. The Morgan fingerprint density at radius 1 is 0.939 bits per heavy atom. The van der Waals surface area contributed by atoms with Crippen molar-refractivity contribution in [2.45, 2.75) is 26.7 Å². The highest BCUT2D eigenvalue weighted by Gasteiger charge is 2.10. The molecule has 0 saturated carbocycles. The summed E-state index contributed by atoms with van der Waals surface area (Å²) in [5.41, 5.74) is 6.22. The summed E-state index contributed by atoms with van der Waals surface area (Å²) in [6.45, 7) is 4.06. The normalized spacial score (nSPS) is 10.0. The molecule has 0 unspecified atom stereocenters. The van der Waals surface area contributed by atoms with E-state index in [1.807, 2.05) is 19.9 Å². The number of amides is 3. The highest BCUT2D eigenvalue weighted by molar-refractivity contribution is 9.10. The fourth-order valence-electron chi connectivity index (χ4n) is 2.55. The molecule has 0 bridgehead atoms. The molecule has 9 nitrogen and oxygen atoms in total.